The highest BCUT2D eigenvalue weighted by atomic mass is 19.1. The number of aryl methyl sites for hydroxylation is 1. The highest BCUT2D eigenvalue weighted by Gasteiger charge is 2.12. The van der Waals surface area contributed by atoms with E-state index in [4.69, 9.17) is 0 Å². The molecule has 0 amide bonds. The van der Waals surface area contributed by atoms with Gasteiger partial charge in [-0.1, -0.05) is 12.1 Å². The molecule has 110 valence electrons. The fraction of sp³-hybridized carbons (Fsp3) is 0.200. The first-order valence-corrected chi connectivity index (χ1v) is 6.35. The van der Waals surface area contributed by atoms with Gasteiger partial charge in [0.1, 0.15) is 11.6 Å². The van der Waals surface area contributed by atoms with Gasteiger partial charge in [0.15, 0.2) is 0 Å². The van der Waals surface area contributed by atoms with Crippen molar-refractivity contribution >= 4 is 11.4 Å². The lowest BCUT2D eigenvalue weighted by Crippen LogP contribution is -2.08. The van der Waals surface area contributed by atoms with E-state index in [2.05, 4.69) is 5.32 Å². The quantitative estimate of drug-likeness (QED) is 0.673. The number of rotatable bonds is 4. The summed E-state index contributed by atoms with van der Waals surface area (Å²) < 4.78 is 27.2. The van der Waals surface area contributed by atoms with Crippen molar-refractivity contribution in [3.8, 4) is 0 Å². The summed E-state index contributed by atoms with van der Waals surface area (Å²) in [6.07, 6.45) is 0. The predicted molar refractivity (Wildman–Crippen MR) is 76.2 cm³/mol. The van der Waals surface area contributed by atoms with Crippen molar-refractivity contribution in [1.82, 2.24) is 0 Å². The SMILES string of the molecule is Cc1cc(F)c(NC(C)c2ccc([N+](=O)[O-])cc2)cc1F. The van der Waals surface area contributed by atoms with Crippen LogP contribution < -0.4 is 5.32 Å². The molecule has 1 unspecified atom stereocenters. The molecule has 0 aliphatic carbocycles. The first kappa shape index (κ1) is 14.9. The maximum absolute atomic E-state index is 13.8. The summed E-state index contributed by atoms with van der Waals surface area (Å²) in [5, 5.41) is 13.4. The van der Waals surface area contributed by atoms with E-state index in [1.54, 1.807) is 19.1 Å². The molecule has 4 nitrogen and oxygen atoms in total. The van der Waals surface area contributed by atoms with E-state index in [9.17, 15) is 18.9 Å². The molecule has 2 rings (SSSR count). The summed E-state index contributed by atoms with van der Waals surface area (Å²) in [6, 6.07) is 7.82. The summed E-state index contributed by atoms with van der Waals surface area (Å²) in [5.41, 5.74) is 1.02. The van der Waals surface area contributed by atoms with Gasteiger partial charge < -0.3 is 5.32 Å². The molecule has 0 radical (unpaired) electrons. The van der Waals surface area contributed by atoms with Crippen LogP contribution in [-0.4, -0.2) is 4.92 Å². The molecule has 0 aliphatic heterocycles. The van der Waals surface area contributed by atoms with Gasteiger partial charge >= 0.3 is 0 Å². The summed E-state index contributed by atoms with van der Waals surface area (Å²) >= 11 is 0. The second-order valence-electron chi connectivity index (χ2n) is 4.80. The van der Waals surface area contributed by atoms with Crippen LogP contribution in [0, 0.1) is 28.7 Å². The summed E-state index contributed by atoms with van der Waals surface area (Å²) in [7, 11) is 0. The van der Waals surface area contributed by atoms with Crippen molar-refractivity contribution in [2.45, 2.75) is 19.9 Å². The van der Waals surface area contributed by atoms with Gasteiger partial charge in [-0.15, -0.1) is 0 Å². The first-order chi connectivity index (χ1) is 9.88. The molecule has 21 heavy (non-hydrogen) atoms. The summed E-state index contributed by atoms with van der Waals surface area (Å²) in [6.45, 7) is 3.25. The van der Waals surface area contributed by atoms with Gasteiger partial charge in [-0.05, 0) is 31.0 Å². The smallest absolute Gasteiger partial charge is 0.269 e. The zero-order valence-electron chi connectivity index (χ0n) is 11.6. The minimum Gasteiger partial charge on any atom is -0.376 e. The standard InChI is InChI=1S/C15H14F2N2O2/c1-9-7-14(17)15(8-13(9)16)18-10(2)11-3-5-12(6-4-11)19(20)21/h3-8,10,18H,1-2H3. The van der Waals surface area contributed by atoms with E-state index in [-0.39, 0.29) is 23.0 Å². The maximum atomic E-state index is 13.8. The number of nitro benzene ring substituents is 1. The molecule has 0 aliphatic rings. The summed E-state index contributed by atoms with van der Waals surface area (Å²) in [4.78, 5) is 10.1. The largest absolute Gasteiger partial charge is 0.376 e. The molecule has 0 heterocycles. The zero-order chi connectivity index (χ0) is 15.6. The number of nitro groups is 1. The minimum absolute atomic E-state index is 0.0153. The number of benzene rings is 2. The molecule has 0 fully saturated rings. The third kappa shape index (κ3) is 3.34. The van der Waals surface area contributed by atoms with Crippen LogP contribution in [0.3, 0.4) is 0 Å². The predicted octanol–water partition coefficient (Wildman–Crippen LogP) is 4.35. The van der Waals surface area contributed by atoms with Crippen molar-refractivity contribution in [2.24, 2.45) is 0 Å². The molecule has 0 saturated heterocycles. The van der Waals surface area contributed by atoms with Crippen LogP contribution in [-0.2, 0) is 0 Å². The Kier molecular flexibility index (Phi) is 4.16. The molecule has 1 N–H and O–H groups in total. The molecule has 0 aromatic heterocycles. The molecule has 0 spiro atoms. The lowest BCUT2D eigenvalue weighted by atomic mass is 10.1. The number of hydrogen-bond donors (Lipinski definition) is 1. The number of anilines is 1. The molecule has 0 bridgehead atoms. The zero-order valence-corrected chi connectivity index (χ0v) is 11.6. The molecule has 6 heteroatoms. The van der Waals surface area contributed by atoms with Crippen LogP contribution in [0.25, 0.3) is 0 Å². The van der Waals surface area contributed by atoms with Gasteiger partial charge in [-0.2, -0.15) is 0 Å². The lowest BCUT2D eigenvalue weighted by molar-refractivity contribution is -0.384. The third-order valence-electron chi connectivity index (χ3n) is 3.22. The van der Waals surface area contributed by atoms with Crippen LogP contribution in [0.15, 0.2) is 36.4 Å². The first-order valence-electron chi connectivity index (χ1n) is 6.35. The van der Waals surface area contributed by atoms with Crippen LogP contribution in [0.2, 0.25) is 0 Å². The van der Waals surface area contributed by atoms with Crippen LogP contribution in [0.1, 0.15) is 24.1 Å². The van der Waals surface area contributed by atoms with Crippen molar-refractivity contribution in [1.29, 1.82) is 0 Å². The number of halogens is 2. The van der Waals surface area contributed by atoms with Crippen molar-refractivity contribution in [2.75, 3.05) is 5.32 Å². The molecule has 2 aromatic rings. The van der Waals surface area contributed by atoms with Gasteiger partial charge in [-0.3, -0.25) is 10.1 Å². The topological polar surface area (TPSA) is 55.2 Å². The van der Waals surface area contributed by atoms with E-state index in [0.29, 0.717) is 0 Å². The Morgan fingerprint density at radius 3 is 2.33 bits per heavy atom. The highest BCUT2D eigenvalue weighted by Crippen LogP contribution is 2.25. The summed E-state index contributed by atoms with van der Waals surface area (Å²) in [5.74, 6) is -1.03. The molecule has 1 atom stereocenters. The Bertz CT molecular complexity index is 672. The Morgan fingerprint density at radius 1 is 1.14 bits per heavy atom. The molecular weight excluding hydrogens is 278 g/mol. The Hall–Kier alpha value is -2.50. The van der Waals surface area contributed by atoms with Gasteiger partial charge in [0, 0.05) is 24.2 Å². The van der Waals surface area contributed by atoms with Crippen LogP contribution >= 0.6 is 0 Å². The molecule has 2 aromatic carbocycles. The van der Waals surface area contributed by atoms with E-state index in [1.165, 1.54) is 19.1 Å². The minimum atomic E-state index is -0.539. The van der Waals surface area contributed by atoms with Gasteiger partial charge in [0.2, 0.25) is 0 Å². The highest BCUT2D eigenvalue weighted by molar-refractivity contribution is 5.49. The fourth-order valence-corrected chi connectivity index (χ4v) is 1.96. The Labute approximate surface area is 120 Å². The number of nitrogens with one attached hydrogen (secondary N) is 1. The number of non-ortho nitro benzene ring substituents is 1. The third-order valence-corrected chi connectivity index (χ3v) is 3.22. The second kappa shape index (κ2) is 5.87. The van der Waals surface area contributed by atoms with E-state index in [1.807, 2.05) is 0 Å². The van der Waals surface area contributed by atoms with Gasteiger partial charge in [0.05, 0.1) is 10.6 Å². The van der Waals surface area contributed by atoms with Crippen LogP contribution in [0.5, 0.6) is 0 Å². The second-order valence-corrected chi connectivity index (χ2v) is 4.80. The van der Waals surface area contributed by atoms with Crippen molar-refractivity contribution in [3.63, 3.8) is 0 Å². The average Bonchev–Trinajstić information content (AvgIpc) is 2.44. The van der Waals surface area contributed by atoms with E-state index >= 15 is 0 Å². The Morgan fingerprint density at radius 2 is 1.76 bits per heavy atom. The Balaban J connectivity index is 2.19. The normalized spacial score (nSPS) is 12.0. The van der Waals surface area contributed by atoms with Crippen molar-refractivity contribution < 1.29 is 13.7 Å². The average molecular weight is 292 g/mol. The maximum Gasteiger partial charge on any atom is 0.269 e. The molecular formula is C15H14F2N2O2. The van der Waals surface area contributed by atoms with E-state index < -0.39 is 16.6 Å². The monoisotopic (exact) mass is 292 g/mol. The van der Waals surface area contributed by atoms with Crippen molar-refractivity contribution in [3.05, 3.63) is 69.3 Å². The lowest BCUT2D eigenvalue weighted by Gasteiger charge is -2.16. The number of hydrogen-bond acceptors (Lipinski definition) is 3. The molecule has 0 saturated carbocycles. The number of nitrogens with zero attached hydrogens (tertiary/aromatic N) is 1. The van der Waals surface area contributed by atoms with E-state index in [0.717, 1.165) is 17.7 Å². The van der Waals surface area contributed by atoms with Gasteiger partial charge in [-0.25, -0.2) is 8.78 Å². The van der Waals surface area contributed by atoms with Gasteiger partial charge in [0.25, 0.3) is 5.69 Å². The fourth-order valence-electron chi connectivity index (χ4n) is 1.96. The van der Waals surface area contributed by atoms with Crippen LogP contribution in [0.4, 0.5) is 20.2 Å².